The van der Waals surface area contributed by atoms with Crippen molar-refractivity contribution in [1.82, 2.24) is 9.97 Å². The van der Waals surface area contributed by atoms with E-state index in [0.29, 0.717) is 11.1 Å². The molecule has 28 heavy (non-hydrogen) atoms. The van der Waals surface area contributed by atoms with Crippen LogP contribution >= 0.6 is 0 Å². The van der Waals surface area contributed by atoms with Crippen LogP contribution in [0.25, 0.3) is 0 Å². The first-order valence-electron chi connectivity index (χ1n) is 8.04. The van der Waals surface area contributed by atoms with Crippen molar-refractivity contribution >= 4 is 11.8 Å². The number of alkyl halides is 6. The minimum Gasteiger partial charge on any atom is -0.367 e. The maximum absolute atomic E-state index is 13.0. The molecule has 0 unspecified atom stereocenters. The van der Waals surface area contributed by atoms with E-state index in [0.717, 1.165) is 6.07 Å². The van der Waals surface area contributed by atoms with Gasteiger partial charge in [0.1, 0.15) is 12.4 Å². The van der Waals surface area contributed by atoms with Gasteiger partial charge in [0.15, 0.2) is 5.69 Å². The summed E-state index contributed by atoms with van der Waals surface area (Å²) in [6, 6.07) is 7.25. The minimum atomic E-state index is -4.61. The van der Waals surface area contributed by atoms with Crippen molar-refractivity contribution < 1.29 is 31.1 Å². The van der Waals surface area contributed by atoms with Crippen LogP contribution in [0.5, 0.6) is 0 Å². The molecule has 1 N–H and O–H groups in total. The zero-order chi connectivity index (χ0) is 20.9. The molecular formula is C17H18F6N4O. The Labute approximate surface area is 157 Å². The summed E-state index contributed by atoms with van der Waals surface area (Å²) in [5.41, 5.74) is 0.163. The van der Waals surface area contributed by atoms with E-state index >= 15 is 0 Å². The van der Waals surface area contributed by atoms with Crippen molar-refractivity contribution in [3.63, 3.8) is 0 Å². The molecular weight excluding hydrogens is 390 g/mol. The Morgan fingerprint density at radius 1 is 0.964 bits per heavy atom. The van der Waals surface area contributed by atoms with Crippen molar-refractivity contribution in [3.05, 3.63) is 47.2 Å². The average Bonchev–Trinajstić information content (AvgIpc) is 2.59. The average molecular weight is 408 g/mol. The highest BCUT2D eigenvalue weighted by molar-refractivity contribution is 5.44. The second-order valence-electron chi connectivity index (χ2n) is 6.11. The van der Waals surface area contributed by atoms with E-state index in [4.69, 9.17) is 0 Å². The van der Waals surface area contributed by atoms with Crippen molar-refractivity contribution in [3.8, 4) is 0 Å². The minimum absolute atomic E-state index is 0.0991. The van der Waals surface area contributed by atoms with Gasteiger partial charge >= 0.3 is 12.4 Å². The number of nitrogens with zero attached hydrogens (tertiary/aromatic N) is 3. The molecule has 2 rings (SSSR count). The van der Waals surface area contributed by atoms with Crippen LogP contribution < -0.4 is 10.2 Å². The first-order valence-corrected chi connectivity index (χ1v) is 8.04. The molecule has 0 saturated heterocycles. The van der Waals surface area contributed by atoms with Crippen LogP contribution in [-0.2, 0) is 24.1 Å². The van der Waals surface area contributed by atoms with E-state index in [2.05, 4.69) is 20.0 Å². The Balaban J connectivity index is 2.00. The summed E-state index contributed by atoms with van der Waals surface area (Å²) in [5, 5.41) is 2.72. The normalized spacial score (nSPS) is 12.1. The standard InChI is InChI=1S/C17H18F6N4O/c1-27(2)14-7-13(17(21,22)23)25-15(26-14)24-8-11-3-5-12(6-4-11)9-28-10-16(18,19)20/h3-7H,8-10H2,1-2H3,(H,24,25,26). The van der Waals surface area contributed by atoms with Gasteiger partial charge in [-0.3, -0.25) is 0 Å². The summed E-state index contributed by atoms with van der Waals surface area (Å²) in [5.74, 6) is -0.0851. The molecule has 0 radical (unpaired) electrons. The number of rotatable bonds is 7. The van der Waals surface area contributed by atoms with Gasteiger partial charge in [0.2, 0.25) is 5.95 Å². The molecule has 5 nitrogen and oxygen atoms in total. The van der Waals surface area contributed by atoms with Crippen molar-refractivity contribution in [2.45, 2.75) is 25.5 Å². The molecule has 1 aromatic carbocycles. The van der Waals surface area contributed by atoms with Crippen LogP contribution in [0.1, 0.15) is 16.8 Å². The number of aromatic nitrogens is 2. The lowest BCUT2D eigenvalue weighted by molar-refractivity contribution is -0.176. The van der Waals surface area contributed by atoms with Gasteiger partial charge in [-0.1, -0.05) is 24.3 Å². The molecule has 0 amide bonds. The summed E-state index contributed by atoms with van der Waals surface area (Å²) in [4.78, 5) is 8.93. The molecule has 0 aliphatic carbocycles. The molecule has 0 aliphatic heterocycles. The third-order valence-corrected chi connectivity index (χ3v) is 3.47. The van der Waals surface area contributed by atoms with E-state index in [1.807, 2.05) is 0 Å². The monoisotopic (exact) mass is 408 g/mol. The zero-order valence-electron chi connectivity index (χ0n) is 15.0. The third-order valence-electron chi connectivity index (χ3n) is 3.47. The van der Waals surface area contributed by atoms with Gasteiger partial charge in [-0.05, 0) is 11.1 Å². The maximum atomic E-state index is 13.0. The number of benzene rings is 1. The lowest BCUT2D eigenvalue weighted by Gasteiger charge is -2.16. The van der Waals surface area contributed by atoms with Gasteiger partial charge in [-0.2, -0.15) is 31.3 Å². The number of hydrogen-bond acceptors (Lipinski definition) is 5. The second kappa shape index (κ2) is 8.63. The summed E-state index contributed by atoms with van der Waals surface area (Å²) in [7, 11) is 3.12. The van der Waals surface area contributed by atoms with E-state index in [-0.39, 0.29) is 24.9 Å². The predicted octanol–water partition coefficient (Wildman–Crippen LogP) is 4.25. The van der Waals surface area contributed by atoms with Crippen LogP contribution in [0.2, 0.25) is 0 Å². The first kappa shape index (κ1) is 21.7. The van der Waals surface area contributed by atoms with Gasteiger partial charge in [-0.25, -0.2) is 4.98 Å². The van der Waals surface area contributed by atoms with Crippen LogP contribution in [0.15, 0.2) is 30.3 Å². The quantitative estimate of drug-likeness (QED) is 0.695. The number of nitrogens with one attached hydrogen (secondary N) is 1. The van der Waals surface area contributed by atoms with Gasteiger partial charge in [0, 0.05) is 26.7 Å². The predicted molar refractivity (Wildman–Crippen MR) is 90.8 cm³/mol. The van der Waals surface area contributed by atoms with Crippen molar-refractivity contribution in [1.29, 1.82) is 0 Å². The number of hydrogen-bond donors (Lipinski definition) is 1. The van der Waals surface area contributed by atoms with Crippen LogP contribution in [0.4, 0.5) is 38.1 Å². The molecule has 0 spiro atoms. The SMILES string of the molecule is CN(C)c1cc(C(F)(F)F)nc(NCc2ccc(COCC(F)(F)F)cc2)n1. The molecule has 154 valence electrons. The third kappa shape index (κ3) is 6.87. The Morgan fingerprint density at radius 3 is 2.11 bits per heavy atom. The molecule has 0 fully saturated rings. The molecule has 0 bridgehead atoms. The Kier molecular flexibility index (Phi) is 6.70. The van der Waals surface area contributed by atoms with Gasteiger partial charge < -0.3 is 15.0 Å². The van der Waals surface area contributed by atoms with Crippen molar-refractivity contribution in [2.75, 3.05) is 30.9 Å². The highest BCUT2D eigenvalue weighted by atomic mass is 19.4. The molecule has 0 atom stereocenters. The molecule has 11 heteroatoms. The van der Waals surface area contributed by atoms with E-state index in [1.54, 1.807) is 38.4 Å². The van der Waals surface area contributed by atoms with E-state index < -0.39 is 24.7 Å². The van der Waals surface area contributed by atoms with Crippen LogP contribution in [0, 0.1) is 0 Å². The van der Waals surface area contributed by atoms with E-state index in [1.165, 1.54) is 4.90 Å². The number of anilines is 2. The molecule has 2 aromatic rings. The smallest absolute Gasteiger partial charge is 0.367 e. The number of halogens is 6. The zero-order valence-corrected chi connectivity index (χ0v) is 15.0. The molecule has 0 saturated carbocycles. The van der Waals surface area contributed by atoms with Gasteiger partial charge in [-0.15, -0.1) is 0 Å². The first-order chi connectivity index (χ1) is 12.9. The summed E-state index contributed by atoms with van der Waals surface area (Å²) >= 11 is 0. The molecule has 0 aliphatic rings. The summed E-state index contributed by atoms with van der Waals surface area (Å²) in [6.45, 7) is -1.40. The fourth-order valence-electron chi connectivity index (χ4n) is 2.11. The molecule has 1 heterocycles. The maximum Gasteiger partial charge on any atom is 0.433 e. The Morgan fingerprint density at radius 2 is 1.57 bits per heavy atom. The van der Waals surface area contributed by atoms with E-state index in [9.17, 15) is 26.3 Å². The summed E-state index contributed by atoms with van der Waals surface area (Å²) in [6.07, 6.45) is -9.00. The highest BCUT2D eigenvalue weighted by Crippen LogP contribution is 2.30. The lowest BCUT2D eigenvalue weighted by atomic mass is 10.1. The number of ether oxygens (including phenoxy) is 1. The van der Waals surface area contributed by atoms with Gasteiger partial charge in [0.05, 0.1) is 6.61 Å². The van der Waals surface area contributed by atoms with Crippen LogP contribution in [-0.4, -0.2) is 36.8 Å². The topological polar surface area (TPSA) is 50.3 Å². The van der Waals surface area contributed by atoms with Crippen LogP contribution in [0.3, 0.4) is 0 Å². The highest BCUT2D eigenvalue weighted by Gasteiger charge is 2.34. The fourth-order valence-corrected chi connectivity index (χ4v) is 2.11. The fraction of sp³-hybridized carbons (Fsp3) is 0.412. The Bertz CT molecular complexity index is 775. The largest absolute Gasteiger partial charge is 0.433 e. The second-order valence-corrected chi connectivity index (χ2v) is 6.11. The van der Waals surface area contributed by atoms with Gasteiger partial charge in [0.25, 0.3) is 0 Å². The Hall–Kier alpha value is -2.56. The lowest BCUT2D eigenvalue weighted by Crippen LogP contribution is -2.17. The summed E-state index contributed by atoms with van der Waals surface area (Å²) < 4.78 is 79.6. The molecule has 1 aromatic heterocycles. The van der Waals surface area contributed by atoms with Crippen molar-refractivity contribution in [2.24, 2.45) is 0 Å².